The minimum absolute atomic E-state index is 0.369. The van der Waals surface area contributed by atoms with E-state index in [2.05, 4.69) is 61.5 Å². The number of nitrogens with zero attached hydrogens (tertiary/aromatic N) is 6. The Bertz CT molecular complexity index is 986. The third kappa shape index (κ3) is 4.52. The molecule has 1 saturated heterocycles. The lowest BCUT2D eigenvalue weighted by Crippen LogP contribution is -2.51. The molecule has 1 atom stereocenters. The van der Waals surface area contributed by atoms with Crippen molar-refractivity contribution in [1.29, 1.82) is 0 Å². The predicted octanol–water partition coefficient (Wildman–Crippen LogP) is 1.75. The minimum atomic E-state index is 0.369. The number of piperidine rings is 1. The van der Waals surface area contributed by atoms with Crippen LogP contribution in [0.25, 0.3) is 5.65 Å². The number of fused-ring (bicyclic) bond motifs is 1. The minimum Gasteiger partial charge on any atom is -0.367 e. The van der Waals surface area contributed by atoms with Gasteiger partial charge in [-0.1, -0.05) is 6.07 Å². The fraction of sp³-hybridized carbons (Fsp3) is 0.476. The Kier molecular flexibility index (Phi) is 5.69. The van der Waals surface area contributed by atoms with Gasteiger partial charge in [0.15, 0.2) is 5.96 Å². The number of aryl methyl sites for hydroxylation is 2. The molecule has 1 unspecified atom stereocenters. The summed E-state index contributed by atoms with van der Waals surface area (Å²) in [4.78, 5) is 11.5. The Hall–Kier alpha value is -3.03. The molecule has 2 N–H and O–H groups in total. The molecule has 8 nitrogen and oxygen atoms in total. The van der Waals surface area contributed by atoms with Crippen LogP contribution in [0.4, 0.5) is 5.69 Å². The number of guanidine groups is 1. The van der Waals surface area contributed by atoms with E-state index in [1.54, 1.807) is 0 Å². The second kappa shape index (κ2) is 8.55. The summed E-state index contributed by atoms with van der Waals surface area (Å²) in [6.07, 6.45) is 11.3. The van der Waals surface area contributed by atoms with Crippen LogP contribution in [-0.2, 0) is 13.5 Å². The zero-order valence-corrected chi connectivity index (χ0v) is 17.5. The summed E-state index contributed by atoms with van der Waals surface area (Å²) in [5, 5.41) is 11.3. The van der Waals surface area contributed by atoms with Gasteiger partial charge >= 0.3 is 0 Å². The fourth-order valence-corrected chi connectivity index (χ4v) is 3.92. The van der Waals surface area contributed by atoms with Crippen molar-refractivity contribution >= 4 is 17.3 Å². The number of hydrogen-bond donors (Lipinski definition) is 2. The van der Waals surface area contributed by atoms with Crippen molar-refractivity contribution in [2.75, 3.05) is 31.6 Å². The molecule has 0 bridgehead atoms. The van der Waals surface area contributed by atoms with Gasteiger partial charge in [-0.2, -0.15) is 5.10 Å². The number of pyridine rings is 1. The molecular weight excluding hydrogens is 364 g/mol. The molecule has 154 valence electrons. The number of nitrogens with one attached hydrogen (secondary N) is 2. The molecule has 0 aromatic carbocycles. The maximum absolute atomic E-state index is 4.74. The average molecular weight is 395 g/mol. The van der Waals surface area contributed by atoms with Gasteiger partial charge in [-0.15, -0.1) is 0 Å². The summed E-state index contributed by atoms with van der Waals surface area (Å²) in [6.45, 7) is 4.91. The second-order valence-corrected chi connectivity index (χ2v) is 7.71. The Balaban J connectivity index is 1.29. The molecule has 1 fully saturated rings. The van der Waals surface area contributed by atoms with Crippen LogP contribution in [0.1, 0.15) is 24.1 Å². The first-order valence-corrected chi connectivity index (χ1v) is 10.3. The van der Waals surface area contributed by atoms with E-state index in [-0.39, 0.29) is 0 Å². The lowest BCUT2D eigenvalue weighted by Gasteiger charge is -2.34. The van der Waals surface area contributed by atoms with Crippen molar-refractivity contribution in [2.24, 2.45) is 12.0 Å². The average Bonchev–Trinajstić information content (AvgIpc) is 3.34. The highest BCUT2D eigenvalue weighted by molar-refractivity contribution is 5.80. The van der Waals surface area contributed by atoms with E-state index in [1.807, 2.05) is 31.2 Å². The Morgan fingerprint density at radius 3 is 3.00 bits per heavy atom. The molecule has 0 amide bonds. The van der Waals surface area contributed by atoms with Crippen molar-refractivity contribution in [3.8, 4) is 0 Å². The predicted molar refractivity (Wildman–Crippen MR) is 117 cm³/mol. The maximum Gasteiger partial charge on any atom is 0.191 e. The molecule has 3 aromatic heterocycles. The highest BCUT2D eigenvalue weighted by atomic mass is 15.3. The maximum atomic E-state index is 4.74. The van der Waals surface area contributed by atoms with Crippen LogP contribution >= 0.6 is 0 Å². The molecule has 3 aromatic rings. The summed E-state index contributed by atoms with van der Waals surface area (Å²) in [6, 6.07) is 4.51. The zero-order valence-electron chi connectivity index (χ0n) is 17.5. The Morgan fingerprint density at radius 2 is 2.24 bits per heavy atom. The molecule has 1 aliphatic rings. The topological polar surface area (TPSA) is 74.8 Å². The molecular formula is C21H30N8. The third-order valence-corrected chi connectivity index (χ3v) is 5.44. The first-order chi connectivity index (χ1) is 14.1. The van der Waals surface area contributed by atoms with Crippen molar-refractivity contribution in [3.63, 3.8) is 0 Å². The van der Waals surface area contributed by atoms with E-state index in [0.717, 1.165) is 56.2 Å². The van der Waals surface area contributed by atoms with E-state index in [0.29, 0.717) is 6.04 Å². The molecule has 29 heavy (non-hydrogen) atoms. The largest absolute Gasteiger partial charge is 0.367 e. The summed E-state index contributed by atoms with van der Waals surface area (Å²) in [5.74, 6) is 0.850. The lowest BCUT2D eigenvalue weighted by molar-refractivity contribution is 0.468. The van der Waals surface area contributed by atoms with E-state index in [9.17, 15) is 0 Å². The summed E-state index contributed by atoms with van der Waals surface area (Å²) in [7, 11) is 3.78. The van der Waals surface area contributed by atoms with E-state index < -0.39 is 0 Å². The Labute approximate surface area is 171 Å². The van der Waals surface area contributed by atoms with Crippen molar-refractivity contribution in [1.82, 2.24) is 29.8 Å². The van der Waals surface area contributed by atoms with Crippen LogP contribution in [-0.4, -0.2) is 57.8 Å². The van der Waals surface area contributed by atoms with Gasteiger partial charge in [0, 0.05) is 64.8 Å². The molecule has 4 rings (SSSR count). The van der Waals surface area contributed by atoms with Crippen LogP contribution in [0.5, 0.6) is 0 Å². The summed E-state index contributed by atoms with van der Waals surface area (Å²) in [5.41, 5.74) is 4.49. The molecule has 0 radical (unpaired) electrons. The summed E-state index contributed by atoms with van der Waals surface area (Å²) < 4.78 is 3.94. The summed E-state index contributed by atoms with van der Waals surface area (Å²) >= 11 is 0. The smallest absolute Gasteiger partial charge is 0.191 e. The molecule has 8 heteroatoms. The van der Waals surface area contributed by atoms with Gasteiger partial charge in [-0.05, 0) is 31.4 Å². The number of imidazole rings is 1. The molecule has 4 heterocycles. The van der Waals surface area contributed by atoms with Crippen molar-refractivity contribution in [2.45, 2.75) is 32.2 Å². The highest BCUT2D eigenvalue weighted by Gasteiger charge is 2.21. The first kappa shape index (κ1) is 19.3. The van der Waals surface area contributed by atoms with Crippen LogP contribution in [0, 0.1) is 6.92 Å². The van der Waals surface area contributed by atoms with Crippen molar-refractivity contribution < 1.29 is 0 Å². The number of hydrogen-bond acceptors (Lipinski definition) is 4. The van der Waals surface area contributed by atoms with Gasteiger partial charge in [0.1, 0.15) is 5.65 Å². The fourth-order valence-electron chi connectivity index (χ4n) is 3.92. The Morgan fingerprint density at radius 1 is 1.34 bits per heavy atom. The zero-order chi connectivity index (χ0) is 20.2. The normalized spacial score (nSPS) is 17.7. The molecule has 0 aliphatic carbocycles. The van der Waals surface area contributed by atoms with E-state index >= 15 is 0 Å². The van der Waals surface area contributed by atoms with Gasteiger partial charge in [-0.3, -0.25) is 9.67 Å². The third-order valence-electron chi connectivity index (χ3n) is 5.44. The standard InChI is InChI=1S/C21H30N8/c1-16-6-4-11-29-14-18(25-20(16)29)8-9-23-21(22-2)26-17-7-5-10-28(13-17)19-12-24-27(3)15-19/h4,6,11-12,14-15,17H,5,7-10,13H2,1-3H3,(H2,22,23,26). The van der Waals surface area contributed by atoms with Crippen molar-refractivity contribution in [3.05, 3.63) is 48.2 Å². The second-order valence-electron chi connectivity index (χ2n) is 7.71. The molecule has 0 spiro atoms. The van der Waals surface area contributed by atoms with Gasteiger partial charge in [-0.25, -0.2) is 4.98 Å². The number of rotatable bonds is 5. The molecule has 1 aliphatic heterocycles. The number of aliphatic imine (C=N–C) groups is 1. The van der Waals surface area contributed by atoms with E-state index in [1.165, 1.54) is 11.3 Å². The van der Waals surface area contributed by atoms with Crippen LogP contribution in [0.2, 0.25) is 0 Å². The van der Waals surface area contributed by atoms with Gasteiger partial charge in [0.25, 0.3) is 0 Å². The molecule has 0 saturated carbocycles. The quantitative estimate of drug-likeness (QED) is 0.509. The van der Waals surface area contributed by atoms with Gasteiger partial charge < -0.3 is 19.9 Å². The SMILES string of the molecule is CN=C(NCCc1cn2cccc(C)c2n1)NC1CCCN(c2cnn(C)c2)C1. The van der Waals surface area contributed by atoms with E-state index in [4.69, 9.17) is 4.98 Å². The number of aromatic nitrogens is 4. The van der Waals surface area contributed by atoms with Gasteiger partial charge in [0.05, 0.1) is 17.6 Å². The monoisotopic (exact) mass is 394 g/mol. The van der Waals surface area contributed by atoms with Crippen LogP contribution in [0.15, 0.2) is 41.9 Å². The van der Waals surface area contributed by atoms with Gasteiger partial charge in [0.2, 0.25) is 0 Å². The lowest BCUT2D eigenvalue weighted by atomic mass is 10.1. The number of anilines is 1. The van der Waals surface area contributed by atoms with Crippen LogP contribution < -0.4 is 15.5 Å². The highest BCUT2D eigenvalue weighted by Crippen LogP contribution is 2.19. The first-order valence-electron chi connectivity index (χ1n) is 10.3. The van der Waals surface area contributed by atoms with Crippen LogP contribution in [0.3, 0.4) is 0 Å².